The molecule has 0 radical (unpaired) electrons. The van der Waals surface area contributed by atoms with E-state index in [0.717, 1.165) is 73.6 Å². The lowest BCUT2D eigenvalue weighted by Crippen LogP contribution is -2.46. The maximum Gasteiger partial charge on any atom is 0.307 e. The Morgan fingerprint density at radius 3 is 2.94 bits per heavy atom. The molecule has 1 aliphatic carbocycles. The molecule has 0 bridgehead atoms. The molecule has 5 heteroatoms. The summed E-state index contributed by atoms with van der Waals surface area (Å²) in [5.41, 5.74) is 4.39. The fraction of sp³-hybridized carbons (Fsp3) is 0.423. The van der Waals surface area contributed by atoms with E-state index in [2.05, 4.69) is 23.6 Å². The number of aryl methyl sites for hydroxylation is 1. The van der Waals surface area contributed by atoms with Crippen LogP contribution in [0.1, 0.15) is 48.8 Å². The molecule has 1 atom stereocenters. The van der Waals surface area contributed by atoms with Crippen molar-refractivity contribution >= 4 is 23.3 Å². The van der Waals surface area contributed by atoms with Gasteiger partial charge in [-0.05, 0) is 79.5 Å². The fourth-order valence-electron chi connectivity index (χ4n) is 5.07. The Hall–Kier alpha value is -2.46. The average molecular weight is 440 g/mol. The van der Waals surface area contributed by atoms with Crippen LogP contribution in [0.25, 0.3) is 0 Å². The van der Waals surface area contributed by atoms with Crippen LogP contribution in [0.15, 0.2) is 49.1 Å². The van der Waals surface area contributed by atoms with Crippen LogP contribution in [0.4, 0.5) is 5.69 Å². The number of benzene rings is 2. The number of fused-ring (bicyclic) bond motifs is 3. The predicted molar refractivity (Wildman–Crippen MR) is 126 cm³/mol. The monoisotopic (exact) mass is 439 g/mol. The highest BCUT2D eigenvalue weighted by atomic mass is 35.5. The van der Waals surface area contributed by atoms with Gasteiger partial charge in [0.2, 0.25) is 0 Å². The highest BCUT2D eigenvalue weighted by molar-refractivity contribution is 6.30. The highest BCUT2D eigenvalue weighted by Crippen LogP contribution is 2.44. The van der Waals surface area contributed by atoms with Gasteiger partial charge in [-0.2, -0.15) is 0 Å². The molecule has 31 heavy (non-hydrogen) atoms. The summed E-state index contributed by atoms with van der Waals surface area (Å²) in [7, 11) is 0. The van der Waals surface area contributed by atoms with E-state index in [1.807, 2.05) is 30.3 Å². The molecule has 0 amide bonds. The van der Waals surface area contributed by atoms with Crippen molar-refractivity contribution < 1.29 is 14.6 Å². The van der Waals surface area contributed by atoms with Crippen LogP contribution in [0.5, 0.6) is 5.75 Å². The molecule has 0 fully saturated rings. The summed E-state index contributed by atoms with van der Waals surface area (Å²) in [4.78, 5) is 13.7. The third-order valence-corrected chi connectivity index (χ3v) is 6.78. The number of carbonyl (C=O) groups is 1. The molecule has 4 nitrogen and oxygen atoms in total. The molecule has 1 unspecified atom stereocenters. The van der Waals surface area contributed by atoms with E-state index < -0.39 is 5.97 Å². The van der Waals surface area contributed by atoms with Gasteiger partial charge in [0.05, 0.1) is 18.7 Å². The van der Waals surface area contributed by atoms with Crippen LogP contribution in [-0.2, 0) is 23.1 Å². The van der Waals surface area contributed by atoms with Gasteiger partial charge in [0.15, 0.2) is 0 Å². The van der Waals surface area contributed by atoms with E-state index in [-0.39, 0.29) is 11.8 Å². The number of hydrogen-bond donors (Lipinski definition) is 1. The Labute approximate surface area is 189 Å². The van der Waals surface area contributed by atoms with Crippen LogP contribution in [0.2, 0.25) is 5.02 Å². The summed E-state index contributed by atoms with van der Waals surface area (Å²) < 4.78 is 6.41. The number of ether oxygens (including phenoxy) is 1. The van der Waals surface area contributed by atoms with Crippen LogP contribution in [0.3, 0.4) is 0 Å². The van der Waals surface area contributed by atoms with Gasteiger partial charge in [0.1, 0.15) is 5.75 Å². The Morgan fingerprint density at radius 1 is 1.26 bits per heavy atom. The zero-order chi connectivity index (χ0) is 21.8. The summed E-state index contributed by atoms with van der Waals surface area (Å²) >= 11 is 6.30. The maximum atomic E-state index is 11.3. The second-order valence-electron chi connectivity index (χ2n) is 8.80. The number of unbranched alkanes of at least 4 members (excludes halogenated alkanes) is 2. The fourth-order valence-corrected chi connectivity index (χ4v) is 5.27. The van der Waals surface area contributed by atoms with Gasteiger partial charge in [-0.15, -0.1) is 6.58 Å². The van der Waals surface area contributed by atoms with Crippen molar-refractivity contribution in [3.8, 4) is 5.75 Å². The zero-order valence-corrected chi connectivity index (χ0v) is 18.7. The standard InChI is InChI=1S/C26H30ClNO3/c1-2-3-4-5-13-28-17-26(12-6-7-20-16-21(27)9-10-22(20)26)18-31-24-11-8-19(14-23(24)28)15-25(29)30/h2,8-11,14,16H,1,3-7,12-13,15,17-18H2,(H,29,30). The lowest BCUT2D eigenvalue weighted by Gasteiger charge is -2.41. The molecule has 0 aromatic heterocycles. The van der Waals surface area contributed by atoms with Crippen molar-refractivity contribution in [1.29, 1.82) is 0 Å². The summed E-state index contributed by atoms with van der Waals surface area (Å²) in [5, 5.41) is 10.0. The molecule has 1 aliphatic heterocycles. The first-order valence-corrected chi connectivity index (χ1v) is 11.5. The van der Waals surface area contributed by atoms with Gasteiger partial charge in [-0.25, -0.2) is 0 Å². The molecule has 0 saturated carbocycles. The molecule has 4 rings (SSSR count). The van der Waals surface area contributed by atoms with Gasteiger partial charge < -0.3 is 14.7 Å². The predicted octanol–water partition coefficient (Wildman–Crippen LogP) is 5.80. The normalized spacial score (nSPS) is 19.8. The van der Waals surface area contributed by atoms with Gasteiger partial charge in [0, 0.05) is 23.5 Å². The number of carboxylic acids is 1. The quantitative estimate of drug-likeness (QED) is 0.437. The molecule has 2 aliphatic rings. The van der Waals surface area contributed by atoms with E-state index in [1.54, 1.807) is 0 Å². The smallest absolute Gasteiger partial charge is 0.307 e. The highest BCUT2D eigenvalue weighted by Gasteiger charge is 2.41. The third-order valence-electron chi connectivity index (χ3n) is 6.54. The average Bonchev–Trinajstić information content (AvgIpc) is 2.88. The van der Waals surface area contributed by atoms with Gasteiger partial charge >= 0.3 is 5.97 Å². The Kier molecular flexibility index (Phi) is 6.57. The molecule has 2 aromatic carbocycles. The molecular weight excluding hydrogens is 410 g/mol. The van der Waals surface area contributed by atoms with E-state index in [4.69, 9.17) is 16.3 Å². The van der Waals surface area contributed by atoms with Crippen molar-refractivity contribution in [3.63, 3.8) is 0 Å². The molecular formula is C26H30ClNO3. The number of carboxylic acid groups (broad SMARTS) is 1. The second kappa shape index (κ2) is 9.35. The summed E-state index contributed by atoms with van der Waals surface area (Å²) in [5.74, 6) is 0.0254. The van der Waals surface area contributed by atoms with Gasteiger partial charge in [-0.1, -0.05) is 29.8 Å². The van der Waals surface area contributed by atoms with Gasteiger partial charge in [-0.3, -0.25) is 4.79 Å². The lowest BCUT2D eigenvalue weighted by atomic mass is 9.70. The van der Waals surface area contributed by atoms with E-state index >= 15 is 0 Å². The molecule has 1 spiro atoms. The first kappa shape index (κ1) is 21.8. The molecule has 1 N–H and O–H groups in total. The minimum Gasteiger partial charge on any atom is -0.490 e. The van der Waals surface area contributed by atoms with E-state index in [1.165, 1.54) is 11.1 Å². The summed E-state index contributed by atoms with van der Waals surface area (Å²) in [6, 6.07) is 12.1. The minimum atomic E-state index is -0.818. The van der Waals surface area contributed by atoms with Crippen LogP contribution < -0.4 is 9.64 Å². The first-order valence-electron chi connectivity index (χ1n) is 11.1. The van der Waals surface area contributed by atoms with Crippen molar-refractivity contribution in [2.24, 2.45) is 0 Å². The molecule has 1 heterocycles. The van der Waals surface area contributed by atoms with Crippen molar-refractivity contribution in [3.05, 3.63) is 70.8 Å². The number of rotatable bonds is 7. The zero-order valence-electron chi connectivity index (χ0n) is 17.9. The number of anilines is 1. The molecule has 2 aromatic rings. The molecule has 0 saturated heterocycles. The lowest BCUT2D eigenvalue weighted by molar-refractivity contribution is -0.136. The minimum absolute atomic E-state index is 0.0179. The van der Waals surface area contributed by atoms with Crippen molar-refractivity contribution in [2.45, 2.75) is 50.4 Å². The number of aliphatic carboxylic acids is 1. The Morgan fingerprint density at radius 2 is 2.13 bits per heavy atom. The number of hydrogen-bond acceptors (Lipinski definition) is 3. The number of halogens is 1. The SMILES string of the molecule is C=CCCCCN1CC2(CCCc3cc(Cl)ccc32)COc2ccc(CC(=O)O)cc21. The van der Waals surface area contributed by atoms with E-state index in [9.17, 15) is 9.90 Å². The summed E-state index contributed by atoms with van der Waals surface area (Å²) in [6.07, 6.45) is 8.36. The van der Waals surface area contributed by atoms with Crippen molar-refractivity contribution in [2.75, 3.05) is 24.6 Å². The van der Waals surface area contributed by atoms with Crippen LogP contribution >= 0.6 is 11.6 Å². The van der Waals surface area contributed by atoms with Crippen molar-refractivity contribution in [1.82, 2.24) is 0 Å². The topological polar surface area (TPSA) is 49.8 Å². The van der Waals surface area contributed by atoms with Crippen LogP contribution in [0, 0.1) is 0 Å². The Bertz CT molecular complexity index is 973. The largest absolute Gasteiger partial charge is 0.490 e. The van der Waals surface area contributed by atoms with E-state index in [0.29, 0.717) is 6.61 Å². The molecule has 164 valence electrons. The number of nitrogens with zero attached hydrogens (tertiary/aromatic N) is 1. The number of allylic oxidation sites excluding steroid dienone is 1. The van der Waals surface area contributed by atoms with Crippen LogP contribution in [-0.4, -0.2) is 30.8 Å². The third kappa shape index (κ3) is 4.74. The second-order valence-corrected chi connectivity index (χ2v) is 9.24. The Balaban J connectivity index is 1.70. The first-order chi connectivity index (χ1) is 15.0. The maximum absolute atomic E-state index is 11.3. The summed E-state index contributed by atoms with van der Waals surface area (Å²) in [6.45, 7) is 6.23. The van der Waals surface area contributed by atoms with Gasteiger partial charge in [0.25, 0.3) is 0 Å².